The van der Waals surface area contributed by atoms with E-state index in [-0.39, 0.29) is 11.1 Å². The van der Waals surface area contributed by atoms with Crippen molar-refractivity contribution in [3.05, 3.63) is 6.07 Å². The number of carbonyl (C=O) groups is 1. The number of carbonyl (C=O) groups excluding carboxylic acids is 1. The van der Waals surface area contributed by atoms with E-state index in [1.165, 1.54) is 27.4 Å². The van der Waals surface area contributed by atoms with E-state index in [0.29, 0.717) is 11.8 Å². The number of anilines is 1. The summed E-state index contributed by atoms with van der Waals surface area (Å²) in [7, 11) is 4.14. The standard InChI is InChI=1S/C9H12N4O4S/c1-15-5-4-6(16-2)11-7(10-5)12-8(18)13-9(14)17-3/h4H,1-3H3,(H2,10,11,12,13,14,18). The Hall–Kier alpha value is -2.16. The van der Waals surface area contributed by atoms with Gasteiger partial charge in [0.2, 0.25) is 17.7 Å². The molecule has 1 aromatic rings. The summed E-state index contributed by atoms with van der Waals surface area (Å²) in [6.45, 7) is 0. The van der Waals surface area contributed by atoms with Crippen molar-refractivity contribution >= 4 is 29.4 Å². The van der Waals surface area contributed by atoms with E-state index in [4.69, 9.17) is 21.7 Å². The molecule has 0 bridgehead atoms. The number of alkyl carbamates (subject to hydrolysis) is 1. The van der Waals surface area contributed by atoms with Crippen LogP contribution in [0.15, 0.2) is 6.07 Å². The first kappa shape index (κ1) is 13.9. The topological polar surface area (TPSA) is 94.6 Å². The third-order valence-corrected chi connectivity index (χ3v) is 1.93. The Balaban J connectivity index is 2.77. The van der Waals surface area contributed by atoms with E-state index in [9.17, 15) is 4.79 Å². The summed E-state index contributed by atoms with van der Waals surface area (Å²) in [6, 6.07) is 1.50. The van der Waals surface area contributed by atoms with Crippen LogP contribution in [-0.2, 0) is 4.74 Å². The SMILES string of the molecule is COC(=O)NC(=S)Nc1nc(OC)cc(OC)n1. The van der Waals surface area contributed by atoms with Gasteiger partial charge in [0.25, 0.3) is 0 Å². The number of nitrogens with zero attached hydrogens (tertiary/aromatic N) is 2. The van der Waals surface area contributed by atoms with Crippen LogP contribution in [0, 0.1) is 0 Å². The fraction of sp³-hybridized carbons (Fsp3) is 0.333. The highest BCUT2D eigenvalue weighted by molar-refractivity contribution is 7.80. The molecule has 0 aliphatic heterocycles. The lowest BCUT2D eigenvalue weighted by atomic mass is 10.6. The van der Waals surface area contributed by atoms with Gasteiger partial charge in [0.15, 0.2) is 5.11 Å². The van der Waals surface area contributed by atoms with Crippen LogP contribution in [0.25, 0.3) is 0 Å². The zero-order chi connectivity index (χ0) is 13.5. The quantitative estimate of drug-likeness (QED) is 0.770. The predicted molar refractivity (Wildman–Crippen MR) is 66.9 cm³/mol. The van der Waals surface area contributed by atoms with Crippen LogP contribution < -0.4 is 20.1 Å². The molecular weight excluding hydrogens is 260 g/mol. The number of methoxy groups -OCH3 is 3. The zero-order valence-electron chi connectivity index (χ0n) is 10.0. The Kier molecular flexibility index (Phi) is 5.06. The summed E-state index contributed by atoms with van der Waals surface area (Å²) in [5, 5.41) is 4.84. The van der Waals surface area contributed by atoms with Crippen molar-refractivity contribution in [2.45, 2.75) is 0 Å². The van der Waals surface area contributed by atoms with Crippen molar-refractivity contribution in [2.75, 3.05) is 26.6 Å². The zero-order valence-corrected chi connectivity index (χ0v) is 10.8. The molecule has 1 aromatic heterocycles. The number of hydrogen-bond acceptors (Lipinski definition) is 7. The highest BCUT2D eigenvalue weighted by atomic mass is 32.1. The molecule has 8 nitrogen and oxygen atoms in total. The van der Waals surface area contributed by atoms with Crippen molar-refractivity contribution in [3.8, 4) is 11.8 Å². The minimum absolute atomic E-state index is 0.00263. The molecule has 1 rings (SSSR count). The lowest BCUT2D eigenvalue weighted by Gasteiger charge is -2.09. The smallest absolute Gasteiger partial charge is 0.413 e. The number of amides is 1. The molecule has 0 unspecified atom stereocenters. The monoisotopic (exact) mass is 272 g/mol. The summed E-state index contributed by atoms with van der Waals surface area (Å²) >= 11 is 4.85. The largest absolute Gasteiger partial charge is 0.481 e. The van der Waals surface area contributed by atoms with Gasteiger partial charge in [-0.15, -0.1) is 0 Å². The molecule has 1 amide bonds. The van der Waals surface area contributed by atoms with E-state index < -0.39 is 6.09 Å². The van der Waals surface area contributed by atoms with Crippen LogP contribution in [0.1, 0.15) is 0 Å². The van der Waals surface area contributed by atoms with Crippen LogP contribution in [-0.4, -0.2) is 42.5 Å². The van der Waals surface area contributed by atoms with Gasteiger partial charge in [0.05, 0.1) is 27.4 Å². The lowest BCUT2D eigenvalue weighted by Crippen LogP contribution is -2.34. The second-order valence-corrected chi connectivity index (χ2v) is 3.26. The van der Waals surface area contributed by atoms with Crippen molar-refractivity contribution in [3.63, 3.8) is 0 Å². The number of ether oxygens (including phenoxy) is 3. The van der Waals surface area contributed by atoms with E-state index in [1.807, 2.05) is 0 Å². The average molecular weight is 272 g/mol. The van der Waals surface area contributed by atoms with E-state index in [2.05, 4.69) is 25.3 Å². The molecule has 98 valence electrons. The molecule has 0 aromatic carbocycles. The molecule has 0 spiro atoms. The highest BCUT2D eigenvalue weighted by Crippen LogP contribution is 2.16. The molecule has 9 heteroatoms. The van der Waals surface area contributed by atoms with Gasteiger partial charge < -0.3 is 19.5 Å². The number of nitrogens with one attached hydrogen (secondary N) is 2. The van der Waals surface area contributed by atoms with Gasteiger partial charge in [0.1, 0.15) is 0 Å². The van der Waals surface area contributed by atoms with Gasteiger partial charge in [-0.05, 0) is 12.2 Å². The summed E-state index contributed by atoms with van der Waals surface area (Å²) in [6.07, 6.45) is -0.692. The summed E-state index contributed by atoms with van der Waals surface area (Å²) < 4.78 is 14.3. The minimum atomic E-state index is -0.692. The van der Waals surface area contributed by atoms with Gasteiger partial charge in [-0.3, -0.25) is 5.32 Å². The third-order valence-electron chi connectivity index (χ3n) is 1.72. The third kappa shape index (κ3) is 4.01. The number of rotatable bonds is 3. The summed E-state index contributed by atoms with van der Waals surface area (Å²) in [4.78, 5) is 18.8. The molecule has 0 aliphatic rings. The highest BCUT2D eigenvalue weighted by Gasteiger charge is 2.08. The summed E-state index contributed by atoms with van der Waals surface area (Å²) in [5.41, 5.74) is 0. The van der Waals surface area contributed by atoms with Crippen LogP contribution in [0.5, 0.6) is 11.8 Å². The maximum absolute atomic E-state index is 10.9. The van der Waals surface area contributed by atoms with Crippen molar-refractivity contribution in [1.29, 1.82) is 0 Å². The lowest BCUT2D eigenvalue weighted by molar-refractivity contribution is 0.177. The fourth-order valence-electron chi connectivity index (χ4n) is 0.945. The molecule has 18 heavy (non-hydrogen) atoms. The van der Waals surface area contributed by atoms with E-state index in [0.717, 1.165) is 0 Å². The first-order valence-corrected chi connectivity index (χ1v) is 5.13. The molecule has 2 N–H and O–H groups in total. The maximum atomic E-state index is 10.9. The molecule has 0 fully saturated rings. The van der Waals surface area contributed by atoms with Crippen LogP contribution >= 0.6 is 12.2 Å². The Labute approximate surface area is 109 Å². The van der Waals surface area contributed by atoms with E-state index >= 15 is 0 Å². The Bertz CT molecular complexity index is 432. The normalized spacial score (nSPS) is 9.28. The molecule has 0 saturated carbocycles. The second kappa shape index (κ2) is 6.55. The van der Waals surface area contributed by atoms with Crippen LogP contribution in [0.4, 0.5) is 10.7 Å². The first-order chi connectivity index (χ1) is 8.58. The maximum Gasteiger partial charge on any atom is 0.413 e. The van der Waals surface area contributed by atoms with Gasteiger partial charge in [-0.2, -0.15) is 9.97 Å². The van der Waals surface area contributed by atoms with Gasteiger partial charge in [-0.25, -0.2) is 4.79 Å². The predicted octanol–water partition coefficient (Wildman–Crippen LogP) is 0.547. The van der Waals surface area contributed by atoms with Crippen molar-refractivity contribution in [1.82, 2.24) is 15.3 Å². The number of hydrogen-bond donors (Lipinski definition) is 2. The number of aromatic nitrogens is 2. The Morgan fingerprint density at radius 1 is 1.22 bits per heavy atom. The molecular formula is C9H12N4O4S. The van der Waals surface area contributed by atoms with Crippen molar-refractivity contribution < 1.29 is 19.0 Å². The average Bonchev–Trinajstić information content (AvgIpc) is 2.37. The molecule has 0 radical (unpaired) electrons. The molecule has 1 heterocycles. The number of thiocarbonyl (C=S) groups is 1. The van der Waals surface area contributed by atoms with E-state index in [1.54, 1.807) is 0 Å². The van der Waals surface area contributed by atoms with Gasteiger partial charge in [0, 0.05) is 0 Å². The Morgan fingerprint density at radius 3 is 2.22 bits per heavy atom. The van der Waals surface area contributed by atoms with Crippen LogP contribution in [0.3, 0.4) is 0 Å². The molecule has 0 atom stereocenters. The Morgan fingerprint density at radius 2 is 1.78 bits per heavy atom. The van der Waals surface area contributed by atoms with Gasteiger partial charge >= 0.3 is 6.09 Å². The minimum Gasteiger partial charge on any atom is -0.481 e. The summed E-state index contributed by atoms with van der Waals surface area (Å²) in [5.74, 6) is 0.725. The van der Waals surface area contributed by atoms with Crippen LogP contribution in [0.2, 0.25) is 0 Å². The first-order valence-electron chi connectivity index (χ1n) is 4.72. The fourth-order valence-corrected chi connectivity index (χ4v) is 1.12. The van der Waals surface area contributed by atoms with Gasteiger partial charge in [-0.1, -0.05) is 0 Å². The molecule has 0 saturated heterocycles. The van der Waals surface area contributed by atoms with Crippen molar-refractivity contribution in [2.24, 2.45) is 0 Å². The second-order valence-electron chi connectivity index (χ2n) is 2.85. The molecule has 0 aliphatic carbocycles.